The fraction of sp³-hybridized carbons (Fsp3) is 0.385. The van der Waals surface area contributed by atoms with Gasteiger partial charge in [-0.05, 0) is 155 Å². The minimum absolute atomic E-state index is 0.0374. The zero-order chi connectivity index (χ0) is 53.1. The molecule has 0 bridgehead atoms. The first kappa shape index (κ1) is 53.9. The average Bonchev–Trinajstić information content (AvgIpc) is 4.22. The van der Waals surface area contributed by atoms with Crippen molar-refractivity contribution in [1.29, 1.82) is 0 Å². The maximum absolute atomic E-state index is 11.8. The highest BCUT2D eigenvalue weighted by molar-refractivity contribution is 7.86. The first-order valence-corrected chi connectivity index (χ1v) is 38.0. The van der Waals surface area contributed by atoms with Crippen molar-refractivity contribution < 1.29 is 51.9 Å². The minimum Gasteiger partial charge on any atom is -0.286 e. The van der Waals surface area contributed by atoms with Crippen molar-refractivity contribution in [3.05, 3.63) is 104 Å². The Morgan fingerprint density at radius 2 is 0.513 bits per heavy atom. The lowest BCUT2D eigenvalue weighted by molar-refractivity contribution is 0.476. The Bertz CT molecular complexity index is 3760. The molecule has 0 saturated heterocycles. The van der Waals surface area contributed by atoms with Crippen LogP contribution in [0.15, 0.2) is 59.3 Å². The molecule has 0 amide bonds. The largest absolute Gasteiger partial charge is 0.286 e. The Hall–Kier alpha value is -2.76. The lowest BCUT2D eigenvalue weighted by atomic mass is 9.92. The zero-order valence-electron chi connectivity index (χ0n) is 40.4. The van der Waals surface area contributed by atoms with Gasteiger partial charge >= 0.3 is 0 Å². The second-order valence-electron chi connectivity index (χ2n) is 20.1. The Balaban J connectivity index is 0.859. The van der Waals surface area contributed by atoms with Gasteiger partial charge in [0.15, 0.2) is 0 Å². The fourth-order valence-electron chi connectivity index (χ4n) is 11.8. The van der Waals surface area contributed by atoms with Gasteiger partial charge in [-0.25, -0.2) is 0 Å². The molecule has 0 spiro atoms. The third kappa shape index (κ3) is 10.7. The number of unbranched alkanes of at least 4 members (excludes halogenated alkanes) is 4. The molecule has 76 heavy (non-hydrogen) atoms. The van der Waals surface area contributed by atoms with Gasteiger partial charge in [-0.1, -0.05) is 25.7 Å². The monoisotopic (exact) mass is 1250 g/mol. The number of thiophene rings is 8. The Kier molecular flexibility index (Phi) is 14.6. The van der Waals surface area contributed by atoms with Crippen LogP contribution >= 0.6 is 90.7 Å². The van der Waals surface area contributed by atoms with Crippen LogP contribution in [0.5, 0.6) is 0 Å². The van der Waals surface area contributed by atoms with Gasteiger partial charge in [0.1, 0.15) is 0 Å². The van der Waals surface area contributed by atoms with Crippen molar-refractivity contribution in [3.8, 4) is 68.3 Å². The molecular formula is C52H50O12S12. The van der Waals surface area contributed by atoms with E-state index in [0.717, 1.165) is 35.4 Å². The van der Waals surface area contributed by atoms with E-state index in [1.54, 1.807) is 90.7 Å². The summed E-state index contributed by atoms with van der Waals surface area (Å²) in [6.45, 7) is 0. The molecule has 402 valence electrons. The van der Waals surface area contributed by atoms with Gasteiger partial charge < -0.3 is 0 Å². The first-order valence-electron chi connectivity index (χ1n) is 24.9. The quantitative estimate of drug-likeness (QED) is 0.0347. The Morgan fingerprint density at radius 3 is 0.737 bits per heavy atom. The highest BCUT2D eigenvalue weighted by Crippen LogP contribution is 2.63. The molecule has 4 atom stereocenters. The van der Waals surface area contributed by atoms with E-state index >= 15 is 0 Å². The third-order valence-corrected chi connectivity index (χ3v) is 28.3. The third-order valence-electron chi connectivity index (χ3n) is 15.1. The summed E-state index contributed by atoms with van der Waals surface area (Å²) in [5.74, 6) is -0.689. The summed E-state index contributed by atoms with van der Waals surface area (Å²) in [4.78, 5) is 16.9. The van der Waals surface area contributed by atoms with Crippen LogP contribution in [0, 0.1) is 0 Å². The fourth-order valence-corrected chi connectivity index (χ4v) is 24.3. The van der Waals surface area contributed by atoms with Crippen molar-refractivity contribution in [3.63, 3.8) is 0 Å². The molecule has 4 aliphatic rings. The van der Waals surface area contributed by atoms with Crippen molar-refractivity contribution in [2.45, 2.75) is 101 Å². The van der Waals surface area contributed by atoms with Gasteiger partial charge in [0, 0.05) is 92.0 Å². The van der Waals surface area contributed by atoms with Gasteiger partial charge in [-0.2, -0.15) is 33.7 Å². The van der Waals surface area contributed by atoms with Crippen LogP contribution in [0.2, 0.25) is 0 Å². The van der Waals surface area contributed by atoms with E-state index in [-0.39, 0.29) is 46.7 Å². The molecule has 4 unspecified atom stereocenters. The summed E-state index contributed by atoms with van der Waals surface area (Å²) in [7, 11) is -16.2. The number of hydrogen-bond acceptors (Lipinski definition) is 16. The molecule has 8 aromatic rings. The van der Waals surface area contributed by atoms with E-state index in [2.05, 4.69) is 59.3 Å². The van der Waals surface area contributed by atoms with Gasteiger partial charge in [0.25, 0.3) is 40.5 Å². The second-order valence-corrected chi connectivity index (χ2v) is 34.6. The molecule has 4 N–H and O–H groups in total. The molecule has 8 heterocycles. The number of fused-ring (bicyclic) bond motifs is 12. The minimum atomic E-state index is -4.10. The SMILES string of the molecule is O=S(=O)(O)CCCCC1c2ccsc2-c2sc(-c3cc4c(s3)-c3sc(-c5cc6c(s5)-c5sc(-c7cc8c(s7)-c7sccc7C8CCCCS(=O)(=O)O)cc5C6CCCCS(=O)(=O)O)cc3C4CCCCS(=O)(=O)O)cc21. The van der Waals surface area contributed by atoms with Crippen LogP contribution in [0.25, 0.3) is 68.3 Å². The van der Waals surface area contributed by atoms with Crippen molar-refractivity contribution in [1.82, 2.24) is 0 Å². The lowest BCUT2D eigenvalue weighted by Crippen LogP contribution is -2.04. The molecule has 0 aromatic carbocycles. The first-order chi connectivity index (χ1) is 36.1. The molecule has 12 rings (SSSR count). The van der Waals surface area contributed by atoms with Gasteiger partial charge in [0.2, 0.25) is 0 Å². The van der Waals surface area contributed by atoms with E-state index in [1.165, 1.54) is 103 Å². The summed E-state index contributed by atoms with van der Waals surface area (Å²) in [6, 6.07) is 18.2. The van der Waals surface area contributed by atoms with Crippen molar-refractivity contribution in [2.24, 2.45) is 0 Å². The van der Waals surface area contributed by atoms with Crippen molar-refractivity contribution in [2.75, 3.05) is 23.0 Å². The molecule has 24 heteroatoms. The molecule has 0 radical (unpaired) electrons. The molecular weight excluding hydrogens is 1200 g/mol. The van der Waals surface area contributed by atoms with E-state index < -0.39 is 40.5 Å². The summed E-state index contributed by atoms with van der Waals surface area (Å²) in [5, 5.41) is 4.23. The molecule has 0 aliphatic heterocycles. The topological polar surface area (TPSA) is 217 Å². The Labute approximate surface area is 474 Å². The molecule has 0 fully saturated rings. The van der Waals surface area contributed by atoms with Crippen LogP contribution in [-0.4, -0.2) is 74.9 Å². The van der Waals surface area contributed by atoms with Crippen LogP contribution in [0.1, 0.15) is 145 Å². The van der Waals surface area contributed by atoms with Gasteiger partial charge in [-0.3, -0.25) is 18.2 Å². The Morgan fingerprint density at radius 1 is 0.303 bits per heavy atom. The molecule has 0 saturated carbocycles. The maximum atomic E-state index is 11.8. The standard InChI is InChI=1S/C52H50O12S12/c53-73(54,55)17-5-1-9-27-31-13-15-65-45(31)47-33(27)21-39(67-47)41-23-35-29(11-3-7-19-75(59,60)61)37-25-43(71-51(37)49(35)69-41)44-26-38-30(12-4-8-20-76(62,63)64)36-24-42(70-50(36)52(38)72-44)40-22-34-28(10-2-6-18-74(56,57)58)32-14-16-66-46(32)48(34)68-40/h13-16,21-30H,1-12,17-20H2,(H,53,54,55)(H,56,57,58)(H,59,60,61)(H,62,63,64). The normalized spacial score (nSPS) is 18.2. The number of hydrogen-bond donors (Lipinski definition) is 4. The predicted molar refractivity (Wildman–Crippen MR) is 316 cm³/mol. The van der Waals surface area contributed by atoms with E-state index in [0.29, 0.717) is 51.4 Å². The van der Waals surface area contributed by atoms with Crippen molar-refractivity contribution >= 4 is 131 Å². The van der Waals surface area contributed by atoms with Crippen LogP contribution < -0.4 is 0 Å². The van der Waals surface area contributed by atoms with Gasteiger partial charge in [0.05, 0.1) is 23.0 Å². The van der Waals surface area contributed by atoms with Crippen LogP contribution in [0.4, 0.5) is 0 Å². The predicted octanol–water partition coefficient (Wildman–Crippen LogP) is 15.9. The van der Waals surface area contributed by atoms with Crippen LogP contribution in [0.3, 0.4) is 0 Å². The zero-order valence-corrected chi connectivity index (χ0v) is 50.1. The molecule has 8 aromatic heterocycles. The summed E-state index contributed by atoms with van der Waals surface area (Å²) in [5.41, 5.74) is 10.0. The van der Waals surface area contributed by atoms with E-state index in [1.807, 2.05) is 0 Å². The highest BCUT2D eigenvalue weighted by atomic mass is 32.2. The average molecular weight is 1250 g/mol. The van der Waals surface area contributed by atoms with E-state index in [9.17, 15) is 51.9 Å². The maximum Gasteiger partial charge on any atom is 0.264 e. The second kappa shape index (κ2) is 20.7. The smallest absolute Gasteiger partial charge is 0.264 e. The summed E-state index contributed by atoms with van der Waals surface area (Å²) < 4.78 is 131. The summed E-state index contributed by atoms with van der Waals surface area (Å²) >= 11 is 14.2. The van der Waals surface area contributed by atoms with Crippen LogP contribution in [-0.2, 0) is 40.5 Å². The highest BCUT2D eigenvalue weighted by Gasteiger charge is 2.39. The molecule has 4 aliphatic carbocycles. The lowest BCUT2D eigenvalue weighted by Gasteiger charge is -2.12. The number of rotatable bonds is 23. The van der Waals surface area contributed by atoms with Gasteiger partial charge in [-0.15, -0.1) is 90.7 Å². The van der Waals surface area contributed by atoms with E-state index in [4.69, 9.17) is 0 Å². The summed E-state index contributed by atoms with van der Waals surface area (Å²) in [6.07, 6.45) is 7.05. The molecule has 12 nitrogen and oxygen atoms in total.